The van der Waals surface area contributed by atoms with Gasteiger partial charge in [-0.2, -0.15) is 0 Å². The fourth-order valence-corrected chi connectivity index (χ4v) is 2.29. The molecule has 3 aromatic rings. The summed E-state index contributed by atoms with van der Waals surface area (Å²) in [5.74, 6) is -0.703. The summed E-state index contributed by atoms with van der Waals surface area (Å²) >= 11 is 0. The molecule has 19 heavy (non-hydrogen) atoms. The molecule has 0 saturated heterocycles. The SMILES string of the molecule is CC(=O)c1c(O)c2cc3ccccc3cc2[nH]c1=O. The molecule has 4 heteroatoms. The Morgan fingerprint density at radius 1 is 1.16 bits per heavy atom. The Hall–Kier alpha value is -2.62. The minimum Gasteiger partial charge on any atom is -0.506 e. The molecule has 2 N–H and O–H groups in total. The number of fused-ring (bicyclic) bond motifs is 2. The van der Waals surface area contributed by atoms with Crippen LogP contribution in [0.25, 0.3) is 21.7 Å². The minimum atomic E-state index is -0.562. The lowest BCUT2D eigenvalue weighted by atomic mass is 10.0. The molecule has 0 atom stereocenters. The largest absolute Gasteiger partial charge is 0.506 e. The lowest BCUT2D eigenvalue weighted by molar-refractivity contribution is 0.101. The number of carbonyl (C=O) groups is 1. The molecule has 0 fully saturated rings. The van der Waals surface area contributed by atoms with E-state index in [2.05, 4.69) is 4.98 Å². The van der Waals surface area contributed by atoms with Crippen molar-refractivity contribution >= 4 is 27.5 Å². The molecule has 0 aliphatic rings. The molecule has 4 nitrogen and oxygen atoms in total. The van der Waals surface area contributed by atoms with Crippen molar-refractivity contribution in [2.24, 2.45) is 0 Å². The maximum Gasteiger partial charge on any atom is 0.263 e. The fraction of sp³-hybridized carbons (Fsp3) is 0.0667. The molecule has 0 aliphatic heterocycles. The highest BCUT2D eigenvalue weighted by atomic mass is 16.3. The van der Waals surface area contributed by atoms with Crippen molar-refractivity contribution in [2.45, 2.75) is 6.92 Å². The number of aromatic amines is 1. The van der Waals surface area contributed by atoms with Crippen molar-refractivity contribution in [2.75, 3.05) is 0 Å². The average Bonchev–Trinajstić information content (AvgIpc) is 2.36. The standard InChI is InChI=1S/C15H11NO3/c1-8(17)13-14(18)11-6-9-4-2-3-5-10(9)7-12(11)16-15(13)19/h2-7H,1H3,(H2,16,18,19). The Balaban J connectivity index is 2.52. The summed E-state index contributed by atoms with van der Waals surface area (Å²) in [6.45, 7) is 1.26. The van der Waals surface area contributed by atoms with Gasteiger partial charge in [-0.1, -0.05) is 24.3 Å². The van der Waals surface area contributed by atoms with E-state index >= 15 is 0 Å². The van der Waals surface area contributed by atoms with Crippen LogP contribution in [0.15, 0.2) is 41.2 Å². The Kier molecular flexibility index (Phi) is 2.38. The summed E-state index contributed by atoms with van der Waals surface area (Å²) in [7, 11) is 0. The number of carbonyl (C=O) groups excluding carboxylic acids is 1. The van der Waals surface area contributed by atoms with Crippen molar-refractivity contribution in [3.63, 3.8) is 0 Å². The third kappa shape index (κ3) is 1.69. The summed E-state index contributed by atoms with van der Waals surface area (Å²) in [5.41, 5.74) is -0.234. The van der Waals surface area contributed by atoms with E-state index in [1.54, 1.807) is 12.1 Å². The van der Waals surface area contributed by atoms with Gasteiger partial charge in [0.05, 0.1) is 5.52 Å². The summed E-state index contributed by atoms with van der Waals surface area (Å²) in [5, 5.41) is 12.5. The van der Waals surface area contributed by atoms with E-state index in [9.17, 15) is 14.7 Å². The van der Waals surface area contributed by atoms with E-state index in [0.29, 0.717) is 10.9 Å². The third-order valence-electron chi connectivity index (χ3n) is 3.21. The third-order valence-corrected chi connectivity index (χ3v) is 3.21. The van der Waals surface area contributed by atoms with Gasteiger partial charge in [0.2, 0.25) is 0 Å². The van der Waals surface area contributed by atoms with Crippen LogP contribution in [0.3, 0.4) is 0 Å². The van der Waals surface area contributed by atoms with Gasteiger partial charge >= 0.3 is 0 Å². The van der Waals surface area contributed by atoms with E-state index < -0.39 is 11.3 Å². The van der Waals surface area contributed by atoms with Crippen LogP contribution in [0.1, 0.15) is 17.3 Å². The number of H-pyrrole nitrogens is 1. The van der Waals surface area contributed by atoms with Crippen LogP contribution in [0.5, 0.6) is 5.75 Å². The van der Waals surface area contributed by atoms with Crippen molar-refractivity contribution in [1.82, 2.24) is 4.98 Å². The molecule has 0 unspecified atom stereocenters. The van der Waals surface area contributed by atoms with Crippen LogP contribution in [0.2, 0.25) is 0 Å². The highest BCUT2D eigenvalue weighted by molar-refractivity contribution is 6.05. The van der Waals surface area contributed by atoms with Crippen molar-refractivity contribution < 1.29 is 9.90 Å². The first-order chi connectivity index (χ1) is 9.08. The number of aromatic hydroxyl groups is 1. The molecule has 1 aromatic heterocycles. The lowest BCUT2D eigenvalue weighted by Crippen LogP contribution is -2.16. The zero-order valence-corrected chi connectivity index (χ0v) is 10.2. The number of nitrogens with one attached hydrogen (secondary N) is 1. The molecule has 0 aliphatic carbocycles. The second kappa shape index (κ2) is 3.95. The van der Waals surface area contributed by atoms with E-state index in [0.717, 1.165) is 10.8 Å². The van der Waals surface area contributed by atoms with Crippen LogP contribution in [0, 0.1) is 0 Å². The minimum absolute atomic E-state index is 0.192. The molecular weight excluding hydrogens is 242 g/mol. The molecule has 0 amide bonds. The normalized spacial score (nSPS) is 11.0. The zero-order valence-electron chi connectivity index (χ0n) is 10.2. The van der Waals surface area contributed by atoms with Crippen molar-refractivity contribution in [3.05, 3.63) is 52.3 Å². The fourth-order valence-electron chi connectivity index (χ4n) is 2.29. The summed E-state index contributed by atoms with van der Waals surface area (Å²) in [6, 6.07) is 11.2. The summed E-state index contributed by atoms with van der Waals surface area (Å²) in [6.07, 6.45) is 0. The van der Waals surface area contributed by atoms with Crippen LogP contribution >= 0.6 is 0 Å². The number of benzene rings is 2. The second-order valence-electron chi connectivity index (χ2n) is 4.48. The zero-order chi connectivity index (χ0) is 13.6. The number of hydrogen-bond acceptors (Lipinski definition) is 3. The topological polar surface area (TPSA) is 70.2 Å². The van der Waals surface area contributed by atoms with E-state index in [-0.39, 0.29) is 11.3 Å². The monoisotopic (exact) mass is 253 g/mol. The first-order valence-corrected chi connectivity index (χ1v) is 5.86. The molecule has 1 heterocycles. The highest BCUT2D eigenvalue weighted by Crippen LogP contribution is 2.29. The molecule has 3 rings (SSSR count). The Morgan fingerprint density at radius 3 is 2.42 bits per heavy atom. The first-order valence-electron chi connectivity index (χ1n) is 5.86. The van der Waals surface area contributed by atoms with E-state index in [4.69, 9.17) is 0 Å². The van der Waals surface area contributed by atoms with E-state index in [1.807, 2.05) is 24.3 Å². The van der Waals surface area contributed by atoms with Gasteiger partial charge in [-0.05, 0) is 29.8 Å². The quantitative estimate of drug-likeness (QED) is 0.517. The number of hydrogen-bond donors (Lipinski definition) is 2. The molecule has 0 saturated carbocycles. The maximum atomic E-state index is 11.8. The smallest absolute Gasteiger partial charge is 0.263 e. The number of ketones is 1. The summed E-state index contributed by atoms with van der Waals surface area (Å²) in [4.78, 5) is 25.8. The van der Waals surface area contributed by atoms with Gasteiger partial charge in [-0.3, -0.25) is 9.59 Å². The van der Waals surface area contributed by atoms with Gasteiger partial charge < -0.3 is 10.1 Å². The number of pyridine rings is 1. The molecule has 0 bridgehead atoms. The molecular formula is C15H11NO3. The van der Waals surface area contributed by atoms with Gasteiger partial charge in [0.1, 0.15) is 11.3 Å². The summed E-state index contributed by atoms with van der Waals surface area (Å²) < 4.78 is 0. The molecule has 0 radical (unpaired) electrons. The van der Waals surface area contributed by atoms with Crippen molar-refractivity contribution in [1.29, 1.82) is 0 Å². The Labute approximate surface area is 108 Å². The predicted molar refractivity (Wildman–Crippen MR) is 73.7 cm³/mol. The number of rotatable bonds is 1. The number of Topliss-reactive ketones (excluding diaryl/α,β-unsaturated/α-hetero) is 1. The van der Waals surface area contributed by atoms with Gasteiger partial charge in [-0.15, -0.1) is 0 Å². The van der Waals surface area contributed by atoms with Gasteiger partial charge in [0, 0.05) is 5.39 Å². The van der Waals surface area contributed by atoms with Gasteiger partial charge in [-0.25, -0.2) is 0 Å². The number of aromatic nitrogens is 1. The van der Waals surface area contributed by atoms with Crippen LogP contribution < -0.4 is 5.56 Å². The van der Waals surface area contributed by atoms with Crippen LogP contribution in [-0.2, 0) is 0 Å². The Morgan fingerprint density at radius 2 is 1.79 bits per heavy atom. The first kappa shape index (κ1) is 11.5. The van der Waals surface area contributed by atoms with E-state index in [1.165, 1.54) is 6.92 Å². The second-order valence-corrected chi connectivity index (χ2v) is 4.48. The Bertz CT molecular complexity index is 878. The van der Waals surface area contributed by atoms with Crippen LogP contribution in [-0.4, -0.2) is 15.9 Å². The molecule has 94 valence electrons. The predicted octanol–water partition coefficient (Wildman–Crippen LogP) is 2.59. The molecule has 2 aromatic carbocycles. The lowest BCUT2D eigenvalue weighted by Gasteiger charge is -2.06. The van der Waals surface area contributed by atoms with Crippen LogP contribution in [0.4, 0.5) is 0 Å². The van der Waals surface area contributed by atoms with Gasteiger partial charge in [0.15, 0.2) is 5.78 Å². The maximum absolute atomic E-state index is 11.8. The molecule has 0 spiro atoms. The average molecular weight is 253 g/mol. The van der Waals surface area contributed by atoms with Gasteiger partial charge in [0.25, 0.3) is 5.56 Å². The van der Waals surface area contributed by atoms with Crippen molar-refractivity contribution in [3.8, 4) is 5.75 Å². The highest BCUT2D eigenvalue weighted by Gasteiger charge is 2.15.